The van der Waals surface area contributed by atoms with Gasteiger partial charge in [0.05, 0.1) is 0 Å². The zero-order valence-electron chi connectivity index (χ0n) is 11.6. The molecule has 0 spiro atoms. The van der Waals surface area contributed by atoms with Crippen molar-refractivity contribution in [2.24, 2.45) is 0 Å². The van der Waals surface area contributed by atoms with E-state index in [1.54, 1.807) is 24.4 Å². The highest BCUT2D eigenvalue weighted by Crippen LogP contribution is 2.16. The Morgan fingerprint density at radius 3 is 2.45 bits per heavy atom. The first-order chi connectivity index (χ1) is 9.58. The Balaban J connectivity index is 2.04. The second-order valence-corrected chi connectivity index (χ2v) is 5.34. The highest BCUT2D eigenvalue weighted by atomic mass is 35.5. The van der Waals surface area contributed by atoms with Crippen LogP contribution in [0.25, 0.3) is 0 Å². The van der Waals surface area contributed by atoms with E-state index in [-0.39, 0.29) is 5.78 Å². The molecule has 0 saturated heterocycles. The van der Waals surface area contributed by atoms with Crippen molar-refractivity contribution in [2.45, 2.75) is 11.8 Å². The van der Waals surface area contributed by atoms with Crippen molar-refractivity contribution >= 4 is 23.1 Å². The molecule has 1 heterocycles. The van der Waals surface area contributed by atoms with Crippen LogP contribution in [-0.4, -0.2) is 30.2 Å². The number of hydrogen-bond acceptors (Lipinski definition) is 3. The summed E-state index contributed by atoms with van der Waals surface area (Å²) in [6, 6.07) is 13.3. The number of anilines is 1. The normalized spacial score (nSPS) is 11.9. The molecule has 1 aromatic heterocycles. The molecule has 0 aliphatic carbocycles. The molecule has 0 aliphatic heterocycles. The van der Waals surface area contributed by atoms with E-state index in [2.05, 4.69) is 4.98 Å². The molecule has 2 aromatic rings. The molecule has 0 bridgehead atoms. The standard InChI is InChI=1S/C16H17ClN2O/c1-19(2)13-8-6-12(7-9-13)11-14(17)16(20)15-5-3-4-10-18-15/h3-10,14H,11H2,1-2H3. The van der Waals surface area contributed by atoms with Crippen molar-refractivity contribution < 1.29 is 4.79 Å². The third kappa shape index (κ3) is 3.58. The number of pyridine rings is 1. The molecule has 0 fully saturated rings. The number of ketones is 1. The fourth-order valence-corrected chi connectivity index (χ4v) is 2.19. The predicted molar refractivity (Wildman–Crippen MR) is 82.7 cm³/mol. The first-order valence-electron chi connectivity index (χ1n) is 6.43. The van der Waals surface area contributed by atoms with Crippen molar-refractivity contribution in [3.63, 3.8) is 0 Å². The third-order valence-corrected chi connectivity index (χ3v) is 3.42. The summed E-state index contributed by atoms with van der Waals surface area (Å²) in [6.07, 6.45) is 2.10. The van der Waals surface area contributed by atoms with Gasteiger partial charge in [0.1, 0.15) is 11.1 Å². The van der Waals surface area contributed by atoms with Crippen LogP contribution in [0.3, 0.4) is 0 Å². The van der Waals surface area contributed by atoms with Gasteiger partial charge in [-0.15, -0.1) is 11.6 Å². The molecular formula is C16H17ClN2O. The Bertz CT molecular complexity index is 567. The molecule has 0 amide bonds. The summed E-state index contributed by atoms with van der Waals surface area (Å²) in [6.45, 7) is 0. The fraction of sp³-hybridized carbons (Fsp3) is 0.250. The van der Waals surface area contributed by atoms with Crippen molar-refractivity contribution in [1.82, 2.24) is 4.98 Å². The molecule has 1 aromatic carbocycles. The Morgan fingerprint density at radius 1 is 1.20 bits per heavy atom. The number of carbonyl (C=O) groups is 1. The van der Waals surface area contributed by atoms with Crippen LogP contribution in [0, 0.1) is 0 Å². The minimum absolute atomic E-state index is 0.135. The van der Waals surface area contributed by atoms with Gasteiger partial charge >= 0.3 is 0 Å². The summed E-state index contributed by atoms with van der Waals surface area (Å²) < 4.78 is 0. The Morgan fingerprint density at radius 2 is 1.90 bits per heavy atom. The lowest BCUT2D eigenvalue weighted by Crippen LogP contribution is -2.18. The number of hydrogen-bond donors (Lipinski definition) is 0. The average molecular weight is 289 g/mol. The van der Waals surface area contributed by atoms with Gasteiger partial charge in [0.2, 0.25) is 0 Å². The average Bonchev–Trinajstić information content (AvgIpc) is 2.48. The molecule has 4 heteroatoms. The monoisotopic (exact) mass is 288 g/mol. The van der Waals surface area contributed by atoms with E-state index in [1.807, 2.05) is 43.3 Å². The van der Waals surface area contributed by atoms with E-state index >= 15 is 0 Å². The van der Waals surface area contributed by atoms with Gasteiger partial charge in [-0.1, -0.05) is 18.2 Å². The Kier molecular flexibility index (Phi) is 4.74. The van der Waals surface area contributed by atoms with Crippen LogP contribution in [0.15, 0.2) is 48.7 Å². The summed E-state index contributed by atoms with van der Waals surface area (Å²) >= 11 is 6.20. The van der Waals surface area contributed by atoms with Crippen molar-refractivity contribution in [3.8, 4) is 0 Å². The Hall–Kier alpha value is -1.87. The third-order valence-electron chi connectivity index (χ3n) is 3.07. The van der Waals surface area contributed by atoms with Crippen LogP contribution >= 0.6 is 11.6 Å². The van der Waals surface area contributed by atoms with Gasteiger partial charge in [-0.25, -0.2) is 0 Å². The molecule has 1 unspecified atom stereocenters. The lowest BCUT2D eigenvalue weighted by Gasteiger charge is -2.13. The van der Waals surface area contributed by atoms with Crippen LogP contribution in [0.4, 0.5) is 5.69 Å². The minimum atomic E-state index is -0.588. The van der Waals surface area contributed by atoms with Crippen LogP contribution in [0.1, 0.15) is 16.1 Å². The first-order valence-corrected chi connectivity index (χ1v) is 6.87. The van der Waals surface area contributed by atoms with Gasteiger partial charge in [0, 0.05) is 26.0 Å². The summed E-state index contributed by atoms with van der Waals surface area (Å²) in [5.74, 6) is -0.135. The van der Waals surface area contributed by atoms with Crippen LogP contribution in [0.5, 0.6) is 0 Å². The van der Waals surface area contributed by atoms with Gasteiger partial charge in [-0.2, -0.15) is 0 Å². The fourth-order valence-electron chi connectivity index (χ4n) is 1.90. The van der Waals surface area contributed by atoms with Crippen molar-refractivity contribution in [1.29, 1.82) is 0 Å². The number of rotatable bonds is 5. The molecule has 0 saturated carbocycles. The van der Waals surface area contributed by atoms with E-state index < -0.39 is 5.38 Å². The minimum Gasteiger partial charge on any atom is -0.378 e. The smallest absolute Gasteiger partial charge is 0.199 e. The van der Waals surface area contributed by atoms with E-state index in [0.717, 1.165) is 11.3 Å². The summed E-state index contributed by atoms with van der Waals surface area (Å²) in [7, 11) is 3.98. The maximum absolute atomic E-state index is 12.1. The van der Waals surface area contributed by atoms with E-state index in [9.17, 15) is 4.79 Å². The van der Waals surface area contributed by atoms with E-state index in [1.165, 1.54) is 0 Å². The van der Waals surface area contributed by atoms with E-state index in [4.69, 9.17) is 11.6 Å². The predicted octanol–water partition coefficient (Wildman–Crippen LogP) is 3.18. The number of nitrogens with zero attached hydrogens (tertiary/aromatic N) is 2. The van der Waals surface area contributed by atoms with Crippen molar-refractivity contribution in [2.75, 3.05) is 19.0 Å². The molecule has 1 atom stereocenters. The number of alkyl halides is 1. The van der Waals surface area contributed by atoms with Crippen molar-refractivity contribution in [3.05, 3.63) is 59.9 Å². The molecular weight excluding hydrogens is 272 g/mol. The number of benzene rings is 1. The molecule has 2 rings (SSSR count). The topological polar surface area (TPSA) is 33.2 Å². The molecule has 104 valence electrons. The van der Waals surface area contributed by atoms with Gasteiger partial charge in [-0.05, 0) is 36.2 Å². The van der Waals surface area contributed by atoms with Crippen LogP contribution < -0.4 is 4.90 Å². The highest BCUT2D eigenvalue weighted by Gasteiger charge is 2.18. The lowest BCUT2D eigenvalue weighted by atomic mass is 10.0. The van der Waals surface area contributed by atoms with Crippen LogP contribution in [0.2, 0.25) is 0 Å². The van der Waals surface area contributed by atoms with Gasteiger partial charge in [0.25, 0.3) is 0 Å². The summed E-state index contributed by atoms with van der Waals surface area (Å²) in [4.78, 5) is 18.2. The van der Waals surface area contributed by atoms with Gasteiger partial charge in [-0.3, -0.25) is 9.78 Å². The maximum Gasteiger partial charge on any atom is 0.199 e. The SMILES string of the molecule is CN(C)c1ccc(CC(Cl)C(=O)c2ccccn2)cc1. The first kappa shape index (κ1) is 14.5. The van der Waals surface area contributed by atoms with Gasteiger partial charge < -0.3 is 4.90 Å². The van der Waals surface area contributed by atoms with Gasteiger partial charge in [0.15, 0.2) is 5.78 Å². The Labute approximate surface area is 124 Å². The molecule has 0 radical (unpaired) electrons. The molecule has 0 N–H and O–H groups in total. The number of carbonyl (C=O) groups excluding carboxylic acids is 1. The summed E-state index contributed by atoms with van der Waals surface area (Å²) in [5, 5.41) is -0.588. The summed E-state index contributed by atoms with van der Waals surface area (Å²) in [5.41, 5.74) is 2.58. The maximum atomic E-state index is 12.1. The quantitative estimate of drug-likeness (QED) is 0.626. The van der Waals surface area contributed by atoms with Crippen LogP contribution in [-0.2, 0) is 6.42 Å². The second-order valence-electron chi connectivity index (χ2n) is 4.81. The van der Waals surface area contributed by atoms with E-state index in [0.29, 0.717) is 12.1 Å². The molecule has 0 aliphatic rings. The highest BCUT2D eigenvalue weighted by molar-refractivity contribution is 6.33. The second kappa shape index (κ2) is 6.53. The largest absolute Gasteiger partial charge is 0.378 e. The zero-order valence-corrected chi connectivity index (χ0v) is 12.3. The molecule has 20 heavy (non-hydrogen) atoms. The number of halogens is 1. The lowest BCUT2D eigenvalue weighted by molar-refractivity contribution is 0.0982. The zero-order chi connectivity index (χ0) is 14.5. The number of aromatic nitrogens is 1. The molecule has 3 nitrogen and oxygen atoms in total. The number of Topliss-reactive ketones (excluding diaryl/α,β-unsaturated/α-hetero) is 1.